The molecule has 14 nitrogen and oxygen atoms in total. The van der Waals surface area contributed by atoms with Crippen molar-refractivity contribution in [1.29, 1.82) is 0 Å². The van der Waals surface area contributed by atoms with Crippen LogP contribution in [-0.2, 0) is 9.47 Å². The Balaban J connectivity index is 0.000000191. The van der Waals surface area contributed by atoms with Gasteiger partial charge < -0.3 is 25.8 Å². The molecule has 2 aliphatic heterocycles. The molecule has 2 aromatic heterocycles. The van der Waals surface area contributed by atoms with Crippen LogP contribution in [0.2, 0.25) is 0 Å². The average molecular weight is 567 g/mol. The van der Waals surface area contributed by atoms with Gasteiger partial charge in [-0.15, -0.1) is 11.3 Å². The minimum absolute atomic E-state index is 0.0859. The molecule has 4 heterocycles. The summed E-state index contributed by atoms with van der Waals surface area (Å²) in [4.78, 5) is 31.2. The summed E-state index contributed by atoms with van der Waals surface area (Å²) in [6.45, 7) is -0.784. The number of nitrogens with two attached hydrogens (primary N) is 2. The van der Waals surface area contributed by atoms with Gasteiger partial charge in [-0.1, -0.05) is 0 Å². The maximum absolute atomic E-state index is 10.9. The summed E-state index contributed by atoms with van der Waals surface area (Å²) in [5, 5.41) is 58.3. The molecule has 188 valence electrons. The number of nitrogens with zero attached hydrogens (tertiary/aromatic N) is 2. The Kier molecular flexibility index (Phi) is 8.88. The summed E-state index contributed by atoms with van der Waals surface area (Å²) in [6, 6.07) is 0. The number of aliphatic hydroxyl groups excluding tert-OH is 6. The van der Waals surface area contributed by atoms with E-state index in [1.54, 1.807) is 4.94 Å². The first-order valence-corrected chi connectivity index (χ1v) is 12.6. The molecule has 34 heavy (non-hydrogen) atoms. The number of aromatic nitrogens is 2. The Bertz CT molecular complexity index is 927. The molecule has 0 aliphatic carbocycles. The van der Waals surface area contributed by atoms with Crippen LogP contribution in [0.25, 0.3) is 0 Å². The van der Waals surface area contributed by atoms with E-state index in [1.165, 1.54) is 5.38 Å². The Morgan fingerprint density at radius 3 is 1.85 bits per heavy atom. The van der Waals surface area contributed by atoms with Crippen LogP contribution in [0, 0.1) is 0 Å². The summed E-state index contributed by atoms with van der Waals surface area (Å²) < 4.78 is 11.1. The van der Waals surface area contributed by atoms with Gasteiger partial charge in [0.25, 0.3) is 5.91 Å². The number of carbonyl (C=O) groups excluding carboxylic acids is 2. The van der Waals surface area contributed by atoms with Crippen LogP contribution in [0.15, 0.2) is 10.3 Å². The standard InChI is InChI=1S/C9H12N2O5S.C9H12N2O5Se/c2*10-8(15)3-2-17-9(11-3)7-6(14)5(13)4(1-12)16-7/h2*2,4-7,12-14H,1H2,(H2,10,15)/t2*4-,5-,6-,7-/m11/s1. The number of hydrogen-bond acceptors (Lipinski definition) is 13. The number of rotatable bonds is 6. The predicted octanol–water partition coefficient (Wildman–Crippen LogP) is -4.21. The quantitative estimate of drug-likeness (QED) is 0.155. The number of carbonyl (C=O) groups is 2. The fourth-order valence-electron chi connectivity index (χ4n) is 3.27. The van der Waals surface area contributed by atoms with Gasteiger partial charge in [-0.05, 0) is 0 Å². The molecule has 0 aromatic carbocycles. The van der Waals surface area contributed by atoms with Crippen molar-refractivity contribution in [1.82, 2.24) is 9.97 Å². The van der Waals surface area contributed by atoms with Gasteiger partial charge >= 0.3 is 102 Å². The van der Waals surface area contributed by atoms with Crippen LogP contribution < -0.4 is 11.5 Å². The maximum atomic E-state index is 10.9. The molecule has 8 atom stereocenters. The topological polar surface area (TPSA) is 252 Å². The third-order valence-corrected chi connectivity index (χ3v) is 7.93. The van der Waals surface area contributed by atoms with Gasteiger partial charge in [-0.2, -0.15) is 0 Å². The van der Waals surface area contributed by atoms with Gasteiger partial charge in [0, 0.05) is 5.38 Å². The van der Waals surface area contributed by atoms with E-state index in [1.807, 2.05) is 0 Å². The largest absolute Gasteiger partial charge is 0.394 e. The van der Waals surface area contributed by atoms with Gasteiger partial charge in [0.15, 0.2) is 0 Å². The maximum Gasteiger partial charge on any atom is 0.268 e. The number of hydrogen-bond donors (Lipinski definition) is 8. The number of thiazole rings is 1. The van der Waals surface area contributed by atoms with E-state index < -0.39 is 67.3 Å². The summed E-state index contributed by atoms with van der Waals surface area (Å²) >= 11 is 0.868. The molecule has 0 bridgehead atoms. The fourth-order valence-corrected chi connectivity index (χ4v) is 6.00. The monoisotopic (exact) mass is 568 g/mol. The molecule has 2 saturated heterocycles. The first-order valence-electron chi connectivity index (χ1n) is 9.84. The van der Waals surface area contributed by atoms with Crippen molar-refractivity contribution in [3.8, 4) is 0 Å². The molecule has 0 radical (unpaired) electrons. The number of amides is 2. The summed E-state index contributed by atoms with van der Waals surface area (Å²) in [6.07, 6.45) is -7.96. The molecular formula is C18H24N4O10SSe. The van der Waals surface area contributed by atoms with E-state index in [4.69, 9.17) is 31.2 Å². The van der Waals surface area contributed by atoms with Crippen molar-refractivity contribution in [3.05, 3.63) is 31.3 Å². The molecule has 4 rings (SSSR count). The van der Waals surface area contributed by atoms with Crippen molar-refractivity contribution in [2.45, 2.75) is 48.8 Å². The van der Waals surface area contributed by atoms with Crippen LogP contribution in [0.3, 0.4) is 0 Å². The Labute approximate surface area is 202 Å². The number of aliphatic hydroxyl groups is 6. The van der Waals surface area contributed by atoms with Gasteiger partial charge in [0.05, 0.1) is 6.61 Å². The zero-order valence-corrected chi connectivity index (χ0v) is 19.9. The molecule has 2 aliphatic rings. The molecule has 10 N–H and O–H groups in total. The van der Waals surface area contributed by atoms with Gasteiger partial charge in [-0.25, -0.2) is 4.98 Å². The van der Waals surface area contributed by atoms with Crippen molar-refractivity contribution < 1.29 is 49.7 Å². The van der Waals surface area contributed by atoms with Gasteiger partial charge in [-0.3, -0.25) is 4.79 Å². The molecule has 2 aromatic rings. The number of primary amides is 2. The number of ether oxygens (including phenoxy) is 2. The molecular weight excluding hydrogens is 543 g/mol. The van der Waals surface area contributed by atoms with E-state index in [2.05, 4.69) is 9.97 Å². The first kappa shape index (κ1) is 26.8. The van der Waals surface area contributed by atoms with Crippen molar-refractivity contribution in [3.63, 3.8) is 0 Å². The Hall–Kier alpha value is -1.82. The van der Waals surface area contributed by atoms with Crippen molar-refractivity contribution >= 4 is 37.7 Å². The van der Waals surface area contributed by atoms with E-state index in [9.17, 15) is 30.0 Å². The zero-order chi connectivity index (χ0) is 25.2. The van der Waals surface area contributed by atoms with Crippen LogP contribution in [0.5, 0.6) is 0 Å². The predicted molar refractivity (Wildman–Crippen MR) is 114 cm³/mol. The second-order valence-corrected chi connectivity index (χ2v) is 10.1. The molecule has 0 unspecified atom stereocenters. The smallest absolute Gasteiger partial charge is 0.268 e. The molecule has 0 saturated carbocycles. The van der Waals surface area contributed by atoms with Crippen molar-refractivity contribution in [2.75, 3.05) is 13.2 Å². The SMILES string of the molecule is NC(=O)c1c[se]c([C@@H]2O[C@H](CO)[C@@H](O)[C@H]2O)n1.NC(=O)c1csc([C@@H]2O[C@H](CO)[C@@H](O)[C@H]2O)n1. The second-order valence-electron chi connectivity index (χ2n) is 7.39. The van der Waals surface area contributed by atoms with Crippen LogP contribution >= 0.6 is 11.3 Å². The molecule has 2 amide bonds. The molecule has 2 fully saturated rings. The fraction of sp³-hybridized carbons (Fsp3) is 0.556. The van der Waals surface area contributed by atoms with E-state index in [-0.39, 0.29) is 32.5 Å². The normalized spacial score (nSPS) is 32.9. The average Bonchev–Trinajstić information content (AvgIpc) is 3.58. The first-order chi connectivity index (χ1) is 16.1. The third kappa shape index (κ3) is 5.53. The van der Waals surface area contributed by atoms with E-state index in [0.717, 1.165) is 11.3 Å². The van der Waals surface area contributed by atoms with Crippen LogP contribution in [0.1, 0.15) is 42.8 Å². The van der Waals surface area contributed by atoms with Gasteiger partial charge in [0.1, 0.15) is 35.1 Å². The summed E-state index contributed by atoms with van der Waals surface area (Å²) in [5.41, 5.74) is 10.4. The molecule has 16 heteroatoms. The Morgan fingerprint density at radius 1 is 0.882 bits per heavy atom. The Morgan fingerprint density at radius 2 is 1.41 bits per heavy atom. The zero-order valence-electron chi connectivity index (χ0n) is 17.4. The summed E-state index contributed by atoms with van der Waals surface area (Å²) in [7, 11) is 0. The second kappa shape index (κ2) is 11.3. The van der Waals surface area contributed by atoms with E-state index >= 15 is 0 Å². The van der Waals surface area contributed by atoms with E-state index in [0.29, 0.717) is 9.58 Å². The summed E-state index contributed by atoms with van der Waals surface area (Å²) in [5.74, 6) is -1.30. The van der Waals surface area contributed by atoms with Gasteiger partial charge in [0.2, 0.25) is 0 Å². The minimum Gasteiger partial charge on any atom is -0.394 e. The minimum atomic E-state index is -1.18. The third-order valence-electron chi connectivity index (χ3n) is 5.12. The molecule has 0 spiro atoms. The van der Waals surface area contributed by atoms with Crippen LogP contribution in [0.4, 0.5) is 0 Å². The van der Waals surface area contributed by atoms with Crippen molar-refractivity contribution in [2.24, 2.45) is 11.5 Å². The van der Waals surface area contributed by atoms with Crippen LogP contribution in [-0.4, -0.2) is 117 Å².